The molecule has 1 aliphatic rings. The molecule has 136 valence electrons. The van der Waals surface area contributed by atoms with Gasteiger partial charge in [-0.2, -0.15) is 0 Å². The number of ether oxygens (including phenoxy) is 1. The summed E-state index contributed by atoms with van der Waals surface area (Å²) in [5.74, 6) is 0.815. The van der Waals surface area contributed by atoms with Gasteiger partial charge >= 0.3 is 0 Å². The van der Waals surface area contributed by atoms with Gasteiger partial charge in [-0.05, 0) is 13.3 Å². The third-order valence-electron chi connectivity index (χ3n) is 3.71. The summed E-state index contributed by atoms with van der Waals surface area (Å²) in [6.45, 7) is 10.1. The molecule has 1 heterocycles. The molecule has 7 nitrogen and oxygen atoms in total. The summed E-state index contributed by atoms with van der Waals surface area (Å²) in [4.78, 5) is 18.2. The first-order valence-corrected chi connectivity index (χ1v) is 8.19. The summed E-state index contributed by atoms with van der Waals surface area (Å²) in [6, 6.07) is 0.235. The van der Waals surface area contributed by atoms with Crippen molar-refractivity contribution in [2.24, 2.45) is 4.99 Å². The number of guanidine groups is 1. The van der Waals surface area contributed by atoms with Crippen LogP contribution in [0.15, 0.2) is 4.99 Å². The smallest absolute Gasteiger partial charge is 0.221 e. The van der Waals surface area contributed by atoms with E-state index >= 15 is 0 Å². The topological polar surface area (TPSA) is 78.0 Å². The van der Waals surface area contributed by atoms with Crippen molar-refractivity contribution in [2.45, 2.75) is 32.7 Å². The van der Waals surface area contributed by atoms with Crippen molar-refractivity contribution in [2.75, 3.05) is 53.0 Å². The molecule has 1 rings (SSSR count). The zero-order valence-corrected chi connectivity index (χ0v) is 16.9. The van der Waals surface area contributed by atoms with Crippen molar-refractivity contribution in [3.05, 3.63) is 0 Å². The van der Waals surface area contributed by atoms with E-state index in [0.29, 0.717) is 13.0 Å². The van der Waals surface area contributed by atoms with Crippen LogP contribution in [-0.2, 0) is 9.53 Å². The second-order valence-corrected chi connectivity index (χ2v) is 5.51. The van der Waals surface area contributed by atoms with Crippen LogP contribution in [0.2, 0.25) is 0 Å². The zero-order chi connectivity index (χ0) is 16.2. The van der Waals surface area contributed by atoms with Crippen LogP contribution in [0, 0.1) is 0 Å². The number of hydrogen-bond acceptors (Lipinski definition) is 4. The van der Waals surface area contributed by atoms with Crippen molar-refractivity contribution < 1.29 is 9.53 Å². The quantitative estimate of drug-likeness (QED) is 0.289. The SMILES string of the molecule is CCC(C)NC(=O)CCNC(=NC)NCCN1CCOCC1.I. The molecule has 3 N–H and O–H groups in total. The molecule has 0 radical (unpaired) electrons. The number of nitrogens with one attached hydrogen (secondary N) is 3. The van der Waals surface area contributed by atoms with Gasteiger partial charge < -0.3 is 20.7 Å². The zero-order valence-electron chi connectivity index (χ0n) is 14.6. The summed E-state index contributed by atoms with van der Waals surface area (Å²) in [5.41, 5.74) is 0. The van der Waals surface area contributed by atoms with Crippen molar-refractivity contribution in [3.63, 3.8) is 0 Å². The summed E-state index contributed by atoms with van der Waals surface area (Å²) in [6.07, 6.45) is 1.40. The van der Waals surface area contributed by atoms with E-state index < -0.39 is 0 Å². The maximum atomic E-state index is 11.7. The van der Waals surface area contributed by atoms with Gasteiger partial charge in [0, 0.05) is 52.2 Å². The molecular weight excluding hydrogens is 409 g/mol. The van der Waals surface area contributed by atoms with Crippen LogP contribution < -0.4 is 16.0 Å². The second kappa shape index (κ2) is 13.8. The van der Waals surface area contributed by atoms with E-state index in [1.54, 1.807) is 7.05 Å². The Morgan fingerprint density at radius 2 is 1.91 bits per heavy atom. The fourth-order valence-electron chi connectivity index (χ4n) is 2.12. The van der Waals surface area contributed by atoms with Crippen LogP contribution in [0.3, 0.4) is 0 Å². The number of rotatable bonds is 8. The van der Waals surface area contributed by atoms with Crippen LogP contribution in [0.1, 0.15) is 26.7 Å². The molecule has 1 fully saturated rings. The van der Waals surface area contributed by atoms with Crippen LogP contribution in [0.5, 0.6) is 0 Å². The van der Waals surface area contributed by atoms with Gasteiger partial charge in [-0.25, -0.2) is 0 Å². The number of halogens is 1. The third-order valence-corrected chi connectivity index (χ3v) is 3.71. The molecule has 0 aliphatic carbocycles. The number of amides is 1. The van der Waals surface area contributed by atoms with E-state index in [0.717, 1.165) is 51.8 Å². The molecule has 8 heteroatoms. The molecule has 1 aliphatic heterocycles. The van der Waals surface area contributed by atoms with E-state index in [4.69, 9.17) is 4.74 Å². The minimum absolute atomic E-state index is 0. The fraction of sp³-hybridized carbons (Fsp3) is 0.867. The van der Waals surface area contributed by atoms with Gasteiger partial charge in [0.25, 0.3) is 0 Å². The molecule has 1 saturated heterocycles. The lowest BCUT2D eigenvalue weighted by Crippen LogP contribution is -2.45. The number of carbonyl (C=O) groups is 1. The Morgan fingerprint density at radius 3 is 2.52 bits per heavy atom. The first-order valence-electron chi connectivity index (χ1n) is 8.19. The molecule has 1 amide bonds. The second-order valence-electron chi connectivity index (χ2n) is 5.51. The predicted molar refractivity (Wildman–Crippen MR) is 105 cm³/mol. The fourth-order valence-corrected chi connectivity index (χ4v) is 2.12. The summed E-state index contributed by atoms with van der Waals surface area (Å²) in [7, 11) is 1.74. The monoisotopic (exact) mass is 441 g/mol. The highest BCUT2D eigenvalue weighted by Gasteiger charge is 2.10. The lowest BCUT2D eigenvalue weighted by atomic mass is 10.2. The maximum Gasteiger partial charge on any atom is 0.221 e. The number of aliphatic imine (C=N–C) groups is 1. The summed E-state index contributed by atoms with van der Waals surface area (Å²) >= 11 is 0. The molecule has 0 aromatic carbocycles. The first-order chi connectivity index (χ1) is 10.7. The molecule has 1 unspecified atom stereocenters. The number of morpholine rings is 1. The molecule has 0 aromatic rings. The standard InChI is InChI=1S/C15H31N5O2.HI/c1-4-13(2)19-14(21)5-6-17-15(16-3)18-7-8-20-9-11-22-12-10-20;/h13H,4-12H2,1-3H3,(H,19,21)(H2,16,17,18);1H. The Hall–Kier alpha value is -0.610. The van der Waals surface area contributed by atoms with Crippen molar-refractivity contribution in [1.82, 2.24) is 20.9 Å². The summed E-state index contributed by atoms with van der Waals surface area (Å²) < 4.78 is 5.32. The number of hydrogen-bond donors (Lipinski definition) is 3. The molecular formula is C15H32IN5O2. The first kappa shape index (κ1) is 22.4. The molecule has 0 saturated carbocycles. The highest BCUT2D eigenvalue weighted by atomic mass is 127. The minimum atomic E-state index is 0. The minimum Gasteiger partial charge on any atom is -0.379 e. The highest BCUT2D eigenvalue weighted by Crippen LogP contribution is 1.94. The number of carbonyl (C=O) groups excluding carboxylic acids is 1. The van der Waals surface area contributed by atoms with E-state index in [1.807, 2.05) is 6.92 Å². The normalized spacial score (nSPS) is 17.1. The molecule has 1 atom stereocenters. The lowest BCUT2D eigenvalue weighted by molar-refractivity contribution is -0.121. The lowest BCUT2D eigenvalue weighted by Gasteiger charge is -2.26. The van der Waals surface area contributed by atoms with Crippen molar-refractivity contribution in [3.8, 4) is 0 Å². The van der Waals surface area contributed by atoms with Gasteiger partial charge in [-0.3, -0.25) is 14.7 Å². The van der Waals surface area contributed by atoms with Crippen LogP contribution in [0.25, 0.3) is 0 Å². The van der Waals surface area contributed by atoms with E-state index in [2.05, 4.69) is 32.8 Å². The van der Waals surface area contributed by atoms with Crippen LogP contribution in [0.4, 0.5) is 0 Å². The largest absolute Gasteiger partial charge is 0.379 e. The van der Waals surface area contributed by atoms with Crippen molar-refractivity contribution >= 4 is 35.8 Å². The van der Waals surface area contributed by atoms with Gasteiger partial charge in [-0.1, -0.05) is 6.92 Å². The highest BCUT2D eigenvalue weighted by molar-refractivity contribution is 14.0. The average Bonchev–Trinajstić information content (AvgIpc) is 2.54. The maximum absolute atomic E-state index is 11.7. The molecule has 0 aromatic heterocycles. The van der Waals surface area contributed by atoms with E-state index in [1.165, 1.54) is 0 Å². The molecule has 0 spiro atoms. The Morgan fingerprint density at radius 1 is 1.26 bits per heavy atom. The van der Waals surface area contributed by atoms with Crippen LogP contribution in [-0.4, -0.2) is 75.8 Å². The predicted octanol–water partition coefficient (Wildman–Crippen LogP) is 0.406. The Labute approximate surface area is 157 Å². The Bertz CT molecular complexity index is 349. The van der Waals surface area contributed by atoms with Crippen molar-refractivity contribution in [1.29, 1.82) is 0 Å². The molecule has 0 bridgehead atoms. The molecule has 23 heavy (non-hydrogen) atoms. The number of nitrogens with zero attached hydrogens (tertiary/aromatic N) is 2. The Kier molecular flexibility index (Phi) is 13.4. The van der Waals surface area contributed by atoms with Crippen LogP contribution >= 0.6 is 24.0 Å². The third kappa shape index (κ3) is 10.7. The van der Waals surface area contributed by atoms with Gasteiger partial charge in [0.1, 0.15) is 0 Å². The average molecular weight is 441 g/mol. The summed E-state index contributed by atoms with van der Waals surface area (Å²) in [5, 5.41) is 9.38. The van der Waals surface area contributed by atoms with Gasteiger partial charge in [0.15, 0.2) is 5.96 Å². The van der Waals surface area contributed by atoms with Gasteiger partial charge in [-0.15, -0.1) is 24.0 Å². The van der Waals surface area contributed by atoms with E-state index in [9.17, 15) is 4.79 Å². The Balaban J connectivity index is 0.00000484. The van der Waals surface area contributed by atoms with E-state index in [-0.39, 0.29) is 35.9 Å². The van der Waals surface area contributed by atoms with Gasteiger partial charge in [0.05, 0.1) is 13.2 Å². The van der Waals surface area contributed by atoms with Gasteiger partial charge in [0.2, 0.25) is 5.91 Å².